The van der Waals surface area contributed by atoms with E-state index in [-0.39, 0.29) is 15.4 Å². The van der Waals surface area contributed by atoms with Crippen LogP contribution in [0, 0.1) is 0 Å². The van der Waals surface area contributed by atoms with E-state index in [0.29, 0.717) is 5.76 Å². The highest BCUT2D eigenvalue weighted by atomic mass is 32.2. The van der Waals surface area contributed by atoms with Crippen LogP contribution in [0.3, 0.4) is 0 Å². The Morgan fingerprint density at radius 1 is 1.26 bits per heavy atom. The summed E-state index contributed by atoms with van der Waals surface area (Å²) in [6.45, 7) is 8.60. The van der Waals surface area contributed by atoms with Gasteiger partial charge in [-0.1, -0.05) is 32.0 Å². The molecule has 6 nitrogen and oxygen atoms in total. The molecule has 2 rings (SSSR count). The Hall–Kier alpha value is -1.67. The first-order valence-corrected chi connectivity index (χ1v) is 9.39. The predicted molar refractivity (Wildman–Crippen MR) is 89.4 cm³/mol. The highest BCUT2D eigenvalue weighted by molar-refractivity contribution is 7.95. The van der Waals surface area contributed by atoms with E-state index in [1.807, 2.05) is 20.8 Å². The minimum atomic E-state index is -3.79. The number of sulfone groups is 1. The van der Waals surface area contributed by atoms with Crippen molar-refractivity contribution in [2.75, 3.05) is 5.32 Å². The lowest BCUT2D eigenvalue weighted by atomic mass is 9.93. The van der Waals surface area contributed by atoms with Crippen molar-refractivity contribution in [3.63, 3.8) is 0 Å². The van der Waals surface area contributed by atoms with Gasteiger partial charge in [-0.25, -0.2) is 8.42 Å². The van der Waals surface area contributed by atoms with E-state index in [4.69, 9.17) is 4.52 Å². The Kier molecular flexibility index (Phi) is 4.42. The standard InChI is InChI=1S/C15H20N2O4S2/c1-14(2,3)10-9-11(17-21-10)16-13(18)15(4,5)23(19,20)12-7-6-8-22-12/h6-9H,1-5H3,(H,16,17,18). The summed E-state index contributed by atoms with van der Waals surface area (Å²) in [5, 5.41) is 7.97. The van der Waals surface area contributed by atoms with Crippen LogP contribution >= 0.6 is 11.3 Å². The van der Waals surface area contributed by atoms with Gasteiger partial charge in [0, 0.05) is 11.5 Å². The number of amides is 1. The lowest BCUT2D eigenvalue weighted by molar-refractivity contribution is -0.117. The number of thiophene rings is 1. The van der Waals surface area contributed by atoms with Crippen molar-refractivity contribution in [3.05, 3.63) is 29.3 Å². The molecule has 0 aromatic carbocycles. The van der Waals surface area contributed by atoms with E-state index in [2.05, 4.69) is 10.5 Å². The molecule has 0 bridgehead atoms. The maximum absolute atomic E-state index is 12.6. The summed E-state index contributed by atoms with van der Waals surface area (Å²) in [5.41, 5.74) is -0.255. The third-order valence-electron chi connectivity index (χ3n) is 3.47. The quantitative estimate of drug-likeness (QED) is 0.908. The van der Waals surface area contributed by atoms with Crippen LogP contribution in [0.1, 0.15) is 40.4 Å². The van der Waals surface area contributed by atoms with E-state index in [1.54, 1.807) is 17.5 Å². The zero-order valence-corrected chi connectivity index (χ0v) is 15.3. The molecule has 8 heteroatoms. The van der Waals surface area contributed by atoms with Crippen LogP contribution in [0.5, 0.6) is 0 Å². The number of rotatable bonds is 4. The van der Waals surface area contributed by atoms with Gasteiger partial charge in [0.15, 0.2) is 10.6 Å². The SMILES string of the molecule is CC(C)(C)c1cc(NC(=O)C(C)(C)S(=O)(=O)c2cccs2)no1. The molecule has 0 saturated heterocycles. The fourth-order valence-corrected chi connectivity index (χ4v) is 4.55. The fraction of sp³-hybridized carbons (Fsp3) is 0.467. The Morgan fingerprint density at radius 3 is 2.39 bits per heavy atom. The first kappa shape index (κ1) is 17.7. The van der Waals surface area contributed by atoms with Crippen LogP contribution < -0.4 is 5.32 Å². The number of nitrogens with zero attached hydrogens (tertiary/aromatic N) is 1. The smallest absolute Gasteiger partial charge is 0.246 e. The average Bonchev–Trinajstić information content (AvgIpc) is 3.08. The molecule has 0 atom stereocenters. The van der Waals surface area contributed by atoms with Gasteiger partial charge >= 0.3 is 0 Å². The van der Waals surface area contributed by atoms with E-state index in [0.717, 1.165) is 11.3 Å². The van der Waals surface area contributed by atoms with Gasteiger partial charge < -0.3 is 9.84 Å². The molecule has 2 aromatic heterocycles. The Morgan fingerprint density at radius 2 is 1.91 bits per heavy atom. The van der Waals surface area contributed by atoms with E-state index < -0.39 is 20.5 Å². The molecule has 0 unspecified atom stereocenters. The second-order valence-corrected chi connectivity index (χ2v) is 10.4. The molecule has 23 heavy (non-hydrogen) atoms. The molecule has 126 valence electrons. The Bertz CT molecular complexity index is 797. The minimum Gasteiger partial charge on any atom is -0.359 e. The third kappa shape index (κ3) is 3.32. The molecule has 1 amide bonds. The molecule has 0 spiro atoms. The van der Waals surface area contributed by atoms with Gasteiger partial charge in [-0.05, 0) is 25.3 Å². The van der Waals surface area contributed by atoms with Crippen molar-refractivity contribution in [2.45, 2.75) is 49.0 Å². The van der Waals surface area contributed by atoms with Crippen molar-refractivity contribution in [1.29, 1.82) is 0 Å². The zero-order chi connectivity index (χ0) is 17.5. The van der Waals surface area contributed by atoms with E-state index in [9.17, 15) is 13.2 Å². The molecule has 1 N–H and O–H groups in total. The summed E-state index contributed by atoms with van der Waals surface area (Å²) in [7, 11) is -3.79. The molecule has 0 radical (unpaired) electrons. The summed E-state index contributed by atoms with van der Waals surface area (Å²) in [4.78, 5) is 12.5. The van der Waals surface area contributed by atoms with E-state index in [1.165, 1.54) is 19.9 Å². The molecule has 0 saturated carbocycles. The van der Waals surface area contributed by atoms with Gasteiger partial charge in [-0.3, -0.25) is 4.79 Å². The number of aromatic nitrogens is 1. The van der Waals surface area contributed by atoms with Crippen molar-refractivity contribution in [3.8, 4) is 0 Å². The van der Waals surface area contributed by atoms with Crippen LogP contribution in [0.15, 0.2) is 32.3 Å². The molecule has 0 aliphatic carbocycles. The number of hydrogen-bond donors (Lipinski definition) is 1. The predicted octanol–water partition coefficient (Wildman–Crippen LogP) is 3.22. The molecule has 2 heterocycles. The lowest BCUT2D eigenvalue weighted by Gasteiger charge is -2.22. The maximum atomic E-state index is 12.6. The van der Waals surface area contributed by atoms with Gasteiger partial charge in [0.05, 0.1) is 0 Å². The third-order valence-corrected chi connectivity index (χ3v) is 7.27. The van der Waals surface area contributed by atoms with Gasteiger partial charge in [0.25, 0.3) is 0 Å². The zero-order valence-electron chi connectivity index (χ0n) is 13.7. The van der Waals surface area contributed by atoms with Gasteiger partial charge in [0.1, 0.15) is 9.97 Å². The van der Waals surface area contributed by atoms with Crippen molar-refractivity contribution < 1.29 is 17.7 Å². The Balaban J connectivity index is 2.24. The molecular weight excluding hydrogens is 336 g/mol. The summed E-state index contributed by atoms with van der Waals surface area (Å²) < 4.78 is 29.0. The first-order chi connectivity index (χ1) is 10.5. The second-order valence-electron chi connectivity index (χ2n) is 6.73. The molecule has 0 fully saturated rings. The highest BCUT2D eigenvalue weighted by Gasteiger charge is 2.43. The summed E-state index contributed by atoms with van der Waals surface area (Å²) >= 11 is 1.09. The summed E-state index contributed by atoms with van der Waals surface area (Å²) in [6, 6.07) is 4.73. The molecule has 0 aliphatic heterocycles. The average molecular weight is 356 g/mol. The monoisotopic (exact) mass is 356 g/mol. The summed E-state index contributed by atoms with van der Waals surface area (Å²) in [6.07, 6.45) is 0. The Labute approximate surface area is 139 Å². The van der Waals surface area contributed by atoms with Crippen molar-refractivity contribution in [1.82, 2.24) is 5.16 Å². The topological polar surface area (TPSA) is 89.3 Å². The van der Waals surface area contributed by atoms with Gasteiger partial charge in [0.2, 0.25) is 15.7 Å². The largest absolute Gasteiger partial charge is 0.359 e. The summed E-state index contributed by atoms with van der Waals surface area (Å²) in [5.74, 6) is 0.153. The normalized spacial score (nSPS) is 13.1. The second kappa shape index (κ2) is 5.76. The molecular formula is C15H20N2O4S2. The lowest BCUT2D eigenvalue weighted by Crippen LogP contribution is -2.44. The van der Waals surface area contributed by atoms with Crippen molar-refractivity contribution >= 4 is 32.9 Å². The number of hydrogen-bond acceptors (Lipinski definition) is 6. The van der Waals surface area contributed by atoms with Crippen LogP contribution in [-0.4, -0.2) is 24.2 Å². The molecule has 0 aliphatic rings. The number of carbonyl (C=O) groups is 1. The van der Waals surface area contributed by atoms with Crippen LogP contribution in [-0.2, 0) is 20.0 Å². The van der Waals surface area contributed by atoms with Crippen LogP contribution in [0.4, 0.5) is 5.82 Å². The van der Waals surface area contributed by atoms with Crippen molar-refractivity contribution in [2.24, 2.45) is 0 Å². The maximum Gasteiger partial charge on any atom is 0.246 e. The molecule has 2 aromatic rings. The van der Waals surface area contributed by atoms with Crippen LogP contribution in [0.2, 0.25) is 0 Å². The minimum absolute atomic E-state index is 0.160. The number of anilines is 1. The highest BCUT2D eigenvalue weighted by Crippen LogP contribution is 2.30. The van der Waals surface area contributed by atoms with Gasteiger partial charge in [-0.2, -0.15) is 0 Å². The van der Waals surface area contributed by atoms with E-state index >= 15 is 0 Å². The number of carbonyl (C=O) groups excluding carboxylic acids is 1. The fourth-order valence-electron chi connectivity index (χ4n) is 1.74. The van der Waals surface area contributed by atoms with Gasteiger partial charge in [-0.15, -0.1) is 11.3 Å². The van der Waals surface area contributed by atoms with Crippen LogP contribution in [0.25, 0.3) is 0 Å². The first-order valence-electron chi connectivity index (χ1n) is 7.03. The number of nitrogens with one attached hydrogen (secondary N) is 1.